The third-order valence-corrected chi connectivity index (χ3v) is 4.87. The number of benzene rings is 1. The number of hydrogen-bond donors (Lipinski definition) is 0. The van der Waals surface area contributed by atoms with Crippen LogP contribution in [-0.4, -0.2) is 34.6 Å². The molecule has 0 N–H and O–H groups in total. The Morgan fingerprint density at radius 1 is 1.24 bits per heavy atom. The van der Waals surface area contributed by atoms with Crippen molar-refractivity contribution in [2.75, 3.05) is 7.05 Å². The van der Waals surface area contributed by atoms with E-state index in [1.165, 1.54) is 0 Å². The van der Waals surface area contributed by atoms with Gasteiger partial charge in [-0.3, -0.25) is 9.59 Å². The highest BCUT2D eigenvalue weighted by molar-refractivity contribution is 6.08. The van der Waals surface area contributed by atoms with Gasteiger partial charge in [0.05, 0.1) is 11.7 Å². The largest absolute Gasteiger partial charge is 0.370 e. The molecule has 4 heteroatoms. The molecule has 2 aliphatic rings. The first-order valence-corrected chi connectivity index (χ1v) is 7.14. The van der Waals surface area contributed by atoms with E-state index in [1.807, 2.05) is 54.0 Å². The summed E-state index contributed by atoms with van der Waals surface area (Å²) in [4.78, 5) is 26.2. The van der Waals surface area contributed by atoms with Crippen molar-refractivity contribution in [2.24, 2.45) is 7.05 Å². The van der Waals surface area contributed by atoms with Crippen molar-refractivity contribution in [3.8, 4) is 0 Å². The van der Waals surface area contributed by atoms with Gasteiger partial charge in [-0.15, -0.1) is 0 Å². The highest BCUT2D eigenvalue weighted by Crippen LogP contribution is 2.45. The van der Waals surface area contributed by atoms with E-state index < -0.39 is 0 Å². The molecule has 1 aliphatic carbocycles. The second kappa shape index (κ2) is 4.07. The van der Waals surface area contributed by atoms with E-state index in [2.05, 4.69) is 0 Å². The molecule has 0 fully saturated rings. The van der Waals surface area contributed by atoms with Gasteiger partial charge in [0.2, 0.25) is 5.78 Å². The summed E-state index contributed by atoms with van der Waals surface area (Å²) in [7, 11) is 3.81. The van der Waals surface area contributed by atoms with Crippen LogP contribution in [0.3, 0.4) is 0 Å². The van der Waals surface area contributed by atoms with Crippen LogP contribution in [-0.2, 0) is 11.8 Å². The number of para-hydroxylation sites is 1. The van der Waals surface area contributed by atoms with E-state index in [-0.39, 0.29) is 17.7 Å². The van der Waals surface area contributed by atoms with Crippen LogP contribution in [0.15, 0.2) is 36.0 Å². The van der Waals surface area contributed by atoms with Crippen LogP contribution in [0.1, 0.15) is 28.4 Å². The van der Waals surface area contributed by atoms with Gasteiger partial charge in [0, 0.05) is 42.7 Å². The predicted molar refractivity (Wildman–Crippen MR) is 80.3 cm³/mol. The molecule has 1 aliphatic heterocycles. The molecule has 2 unspecified atom stereocenters. The Balaban J connectivity index is 2.10. The monoisotopic (exact) mass is 280 g/mol. The summed E-state index contributed by atoms with van der Waals surface area (Å²) in [5, 5.41) is 1.09. The number of Topliss-reactive ketones (excluding diaryl/α,β-unsaturated/α-hetero) is 1. The van der Waals surface area contributed by atoms with Crippen molar-refractivity contribution in [3.05, 3.63) is 47.3 Å². The fourth-order valence-electron chi connectivity index (χ4n) is 3.86. The first-order valence-electron chi connectivity index (χ1n) is 7.14. The maximum absolute atomic E-state index is 12.8. The SMILES string of the molecule is CN1C=C(C=O)C2CC1C(=O)c1c2c2ccccc2n1C. The highest BCUT2D eigenvalue weighted by atomic mass is 16.1. The van der Waals surface area contributed by atoms with E-state index >= 15 is 0 Å². The van der Waals surface area contributed by atoms with E-state index in [9.17, 15) is 9.59 Å². The second-order valence-electron chi connectivity index (χ2n) is 5.92. The Hall–Kier alpha value is -2.36. The lowest BCUT2D eigenvalue weighted by molar-refractivity contribution is -0.105. The molecule has 2 atom stereocenters. The van der Waals surface area contributed by atoms with Gasteiger partial charge < -0.3 is 9.47 Å². The van der Waals surface area contributed by atoms with Crippen LogP contribution in [0.2, 0.25) is 0 Å². The number of allylic oxidation sites excluding steroid dienone is 1. The third-order valence-electron chi connectivity index (χ3n) is 4.87. The third kappa shape index (κ3) is 1.45. The standard InChI is InChI=1S/C17H16N2O2/c1-18-8-10(9-20)12-7-14(18)17(21)16-15(12)11-5-3-4-6-13(11)19(16)2/h3-6,8-9,12,14H,7H2,1-2H3. The zero-order chi connectivity index (χ0) is 14.7. The average molecular weight is 280 g/mol. The number of ketones is 1. The van der Waals surface area contributed by atoms with Gasteiger partial charge in [-0.1, -0.05) is 18.2 Å². The Kier molecular flexibility index (Phi) is 2.40. The van der Waals surface area contributed by atoms with Crippen molar-refractivity contribution in [2.45, 2.75) is 18.4 Å². The molecule has 1 aromatic carbocycles. The lowest BCUT2D eigenvalue weighted by Gasteiger charge is -2.39. The van der Waals surface area contributed by atoms with E-state index in [0.29, 0.717) is 6.42 Å². The van der Waals surface area contributed by atoms with Gasteiger partial charge >= 0.3 is 0 Å². The Morgan fingerprint density at radius 2 is 2.00 bits per heavy atom. The molecular formula is C17H16N2O2. The van der Waals surface area contributed by atoms with Gasteiger partial charge in [-0.05, 0) is 18.1 Å². The van der Waals surface area contributed by atoms with E-state index in [1.54, 1.807) is 0 Å². The lowest BCUT2D eigenvalue weighted by Crippen LogP contribution is -2.44. The number of aromatic nitrogens is 1. The molecule has 0 spiro atoms. The zero-order valence-electron chi connectivity index (χ0n) is 12.0. The zero-order valence-corrected chi connectivity index (χ0v) is 12.0. The summed E-state index contributed by atoms with van der Waals surface area (Å²) >= 11 is 0. The van der Waals surface area contributed by atoms with Gasteiger partial charge in [-0.25, -0.2) is 0 Å². The summed E-state index contributed by atoms with van der Waals surface area (Å²) in [6.45, 7) is 0. The fourth-order valence-corrected chi connectivity index (χ4v) is 3.86. The van der Waals surface area contributed by atoms with Crippen LogP contribution >= 0.6 is 0 Å². The molecule has 4 rings (SSSR count). The molecule has 0 amide bonds. The number of aryl methyl sites for hydroxylation is 1. The average Bonchev–Trinajstić information content (AvgIpc) is 2.80. The number of carbonyl (C=O) groups excluding carboxylic acids is 2. The molecule has 21 heavy (non-hydrogen) atoms. The summed E-state index contributed by atoms with van der Waals surface area (Å²) < 4.78 is 1.98. The number of rotatable bonds is 1. The van der Waals surface area contributed by atoms with Crippen molar-refractivity contribution < 1.29 is 9.59 Å². The summed E-state index contributed by atoms with van der Waals surface area (Å²) in [5.74, 6) is 0.186. The number of aldehydes is 1. The second-order valence-corrected chi connectivity index (χ2v) is 5.92. The highest BCUT2D eigenvalue weighted by Gasteiger charge is 2.43. The van der Waals surface area contributed by atoms with Crippen molar-refractivity contribution in [1.82, 2.24) is 9.47 Å². The number of nitrogens with zero attached hydrogens (tertiary/aromatic N) is 2. The summed E-state index contributed by atoms with van der Waals surface area (Å²) in [6, 6.07) is 7.88. The molecule has 4 nitrogen and oxygen atoms in total. The van der Waals surface area contributed by atoms with Crippen LogP contribution in [0.5, 0.6) is 0 Å². The minimum Gasteiger partial charge on any atom is -0.370 e. The normalized spacial score (nSPS) is 24.0. The molecule has 0 radical (unpaired) electrons. The maximum Gasteiger partial charge on any atom is 0.201 e. The quantitative estimate of drug-likeness (QED) is 0.752. The molecule has 106 valence electrons. The van der Waals surface area contributed by atoms with E-state index in [4.69, 9.17) is 0 Å². The van der Waals surface area contributed by atoms with Gasteiger partial charge in [0.15, 0.2) is 0 Å². The molecule has 2 aromatic rings. The molecule has 0 saturated heterocycles. The lowest BCUT2D eigenvalue weighted by atomic mass is 9.75. The minimum absolute atomic E-state index is 0.0301. The number of carbonyl (C=O) groups is 2. The number of likely N-dealkylation sites (N-methyl/N-ethyl adjacent to an activating group) is 1. The topological polar surface area (TPSA) is 42.3 Å². The van der Waals surface area contributed by atoms with Crippen molar-refractivity contribution in [1.29, 1.82) is 0 Å². The Morgan fingerprint density at radius 3 is 2.76 bits per heavy atom. The summed E-state index contributed by atoms with van der Waals surface area (Å²) in [5.41, 5.74) is 3.60. The Bertz CT molecular complexity index is 816. The number of hydrogen-bond acceptors (Lipinski definition) is 3. The van der Waals surface area contributed by atoms with Gasteiger partial charge in [0.25, 0.3) is 0 Å². The first-order chi connectivity index (χ1) is 10.1. The first kappa shape index (κ1) is 12.4. The Labute approximate surface area is 122 Å². The van der Waals surface area contributed by atoms with Crippen LogP contribution in [0.25, 0.3) is 10.9 Å². The van der Waals surface area contributed by atoms with Gasteiger partial charge in [-0.2, -0.15) is 0 Å². The molecule has 2 heterocycles. The minimum atomic E-state index is -0.158. The van der Waals surface area contributed by atoms with Crippen LogP contribution < -0.4 is 0 Å². The fraction of sp³-hybridized carbons (Fsp3) is 0.294. The molecule has 0 saturated carbocycles. The molecule has 1 aromatic heterocycles. The van der Waals surface area contributed by atoms with Crippen LogP contribution in [0, 0.1) is 0 Å². The van der Waals surface area contributed by atoms with Crippen molar-refractivity contribution >= 4 is 23.0 Å². The molecule has 2 bridgehead atoms. The number of fused-ring (bicyclic) bond motifs is 6. The van der Waals surface area contributed by atoms with E-state index in [0.717, 1.165) is 34.0 Å². The smallest absolute Gasteiger partial charge is 0.201 e. The maximum atomic E-state index is 12.8. The summed E-state index contributed by atoms with van der Waals surface area (Å²) in [6.07, 6.45) is 3.45. The van der Waals surface area contributed by atoms with Crippen molar-refractivity contribution in [3.63, 3.8) is 0 Å². The van der Waals surface area contributed by atoms with Crippen LogP contribution in [0.4, 0.5) is 0 Å². The predicted octanol–water partition coefficient (Wildman–Crippen LogP) is 2.25. The van der Waals surface area contributed by atoms with Gasteiger partial charge in [0.1, 0.15) is 6.29 Å². The molecular weight excluding hydrogens is 264 g/mol.